The van der Waals surface area contributed by atoms with Crippen molar-refractivity contribution in [2.45, 2.75) is 61.4 Å². The van der Waals surface area contributed by atoms with Crippen LogP contribution in [0.25, 0.3) is 22.3 Å². The average molecular weight is 699 g/mol. The lowest BCUT2D eigenvalue weighted by Crippen LogP contribution is -2.65. The summed E-state index contributed by atoms with van der Waals surface area (Å²) < 4.78 is 50.1. The Hall–Kier alpha value is -3.95. The molecule has 2 aliphatic heterocycles. The van der Waals surface area contributed by atoms with Gasteiger partial charge in [-0.3, -0.25) is 4.79 Å². The van der Waals surface area contributed by atoms with Crippen LogP contribution in [0.2, 0.25) is 0 Å². The zero-order valence-corrected chi connectivity index (χ0v) is 26.7. The van der Waals surface area contributed by atoms with Crippen molar-refractivity contribution in [3.8, 4) is 45.8 Å². The first-order valence-corrected chi connectivity index (χ1v) is 14.9. The third kappa shape index (κ3) is 6.43. The van der Waals surface area contributed by atoms with Gasteiger partial charge in [-0.05, 0) is 24.3 Å². The third-order valence-electron chi connectivity index (χ3n) is 8.30. The van der Waals surface area contributed by atoms with Crippen molar-refractivity contribution < 1.29 is 83.2 Å². The highest BCUT2D eigenvalue weighted by Gasteiger charge is 2.51. The summed E-state index contributed by atoms with van der Waals surface area (Å²) in [4.78, 5) is 13.7. The van der Waals surface area contributed by atoms with Crippen LogP contribution in [0.4, 0.5) is 0 Å². The fourth-order valence-corrected chi connectivity index (χ4v) is 5.68. The Balaban J connectivity index is 1.58. The lowest BCUT2D eigenvalue weighted by molar-refractivity contribution is -0.353. The molecule has 5 rings (SSSR count). The van der Waals surface area contributed by atoms with Crippen LogP contribution in [-0.2, 0) is 14.2 Å². The van der Waals surface area contributed by atoms with Gasteiger partial charge in [-0.15, -0.1) is 0 Å². The second-order valence-corrected chi connectivity index (χ2v) is 11.1. The Morgan fingerprint density at radius 3 is 1.84 bits per heavy atom. The van der Waals surface area contributed by atoms with E-state index in [9.17, 15) is 45.6 Å². The number of ether oxygens (including phenoxy) is 8. The highest BCUT2D eigenvalue weighted by atomic mass is 16.7. The van der Waals surface area contributed by atoms with Crippen LogP contribution in [-0.4, -0.2) is 144 Å². The number of benzene rings is 2. The summed E-state index contributed by atoms with van der Waals surface area (Å²) in [7, 11) is 5.05. The van der Waals surface area contributed by atoms with Crippen molar-refractivity contribution in [3.63, 3.8) is 0 Å². The molecule has 3 heterocycles. The predicted molar refractivity (Wildman–Crippen MR) is 163 cm³/mol. The van der Waals surface area contributed by atoms with Gasteiger partial charge in [0.2, 0.25) is 34.7 Å². The van der Waals surface area contributed by atoms with Crippen LogP contribution in [0.1, 0.15) is 0 Å². The molecule has 3 aromatic rings. The molecular formula is C31H38O18. The molecule has 10 atom stereocenters. The first-order valence-electron chi connectivity index (χ1n) is 14.9. The second kappa shape index (κ2) is 14.9. The summed E-state index contributed by atoms with van der Waals surface area (Å²) in [6.07, 6.45) is -17.4. The van der Waals surface area contributed by atoms with Gasteiger partial charge < -0.3 is 83.2 Å². The number of phenolic OH excluding ortho intramolecular Hbond substituents is 1. The maximum atomic E-state index is 13.7. The largest absolute Gasteiger partial charge is 0.504 e. The molecule has 0 amide bonds. The third-order valence-corrected chi connectivity index (χ3v) is 8.30. The van der Waals surface area contributed by atoms with E-state index in [0.717, 1.165) is 7.11 Å². The number of aromatic hydroxyl groups is 1. The minimum absolute atomic E-state index is 0.0538. The predicted octanol–water partition coefficient (Wildman–Crippen LogP) is -1.80. The molecule has 0 bridgehead atoms. The highest BCUT2D eigenvalue weighted by molar-refractivity contribution is 5.96. The summed E-state index contributed by atoms with van der Waals surface area (Å²) in [5.74, 6) is -1.79. The molecule has 0 saturated carbocycles. The Bertz CT molecular complexity index is 1660. The minimum Gasteiger partial charge on any atom is -0.504 e. The fraction of sp³-hybridized carbons (Fsp3) is 0.516. The van der Waals surface area contributed by atoms with E-state index < -0.39 is 103 Å². The topological polar surface area (TPSA) is 266 Å². The standard InChI is InChI=1S/C31H38O18/c1-41-12-7-5-11(6-8-12)23-26(42-2)18(36)15-19(37)27(43-3)29(28(44-4)24(15)47-23)49-31-22(40)25(17(35)14(10-33)46-31)48-30-21(39)20(38)16(34)13(9-32)45-30/h5-8,13-14,16-17,20-22,25,30-35,37-40H,9-10H2,1-4H3/t13?,14?,16-,17+,20+,21?,22?,25+,30+,31+/m1/s1. The van der Waals surface area contributed by atoms with Gasteiger partial charge in [-0.2, -0.15) is 0 Å². The van der Waals surface area contributed by atoms with Crippen molar-refractivity contribution in [1.82, 2.24) is 0 Å². The molecule has 0 radical (unpaired) electrons. The van der Waals surface area contributed by atoms with Gasteiger partial charge in [0.05, 0.1) is 41.7 Å². The molecule has 0 aliphatic carbocycles. The number of hydrogen-bond donors (Lipinski definition) is 8. The smallest absolute Gasteiger partial charge is 0.239 e. The van der Waals surface area contributed by atoms with E-state index in [1.165, 1.54) is 21.3 Å². The van der Waals surface area contributed by atoms with E-state index in [1.54, 1.807) is 24.3 Å². The van der Waals surface area contributed by atoms with Gasteiger partial charge in [0, 0.05) is 5.56 Å². The number of methoxy groups -OCH3 is 4. The molecule has 2 fully saturated rings. The molecule has 8 N–H and O–H groups in total. The fourth-order valence-electron chi connectivity index (χ4n) is 5.68. The molecule has 1 aromatic heterocycles. The number of rotatable bonds is 11. The van der Waals surface area contributed by atoms with E-state index in [-0.39, 0.29) is 22.8 Å². The molecular weight excluding hydrogens is 660 g/mol. The number of aliphatic hydroxyl groups is 7. The van der Waals surface area contributed by atoms with Crippen LogP contribution in [0, 0.1) is 0 Å². The average Bonchev–Trinajstić information content (AvgIpc) is 3.11. The van der Waals surface area contributed by atoms with Crippen LogP contribution in [0.15, 0.2) is 33.5 Å². The lowest BCUT2D eigenvalue weighted by atomic mass is 9.97. The highest BCUT2D eigenvalue weighted by Crippen LogP contribution is 2.52. The Labute approximate surface area is 277 Å². The molecule has 0 spiro atoms. The molecule has 18 nitrogen and oxygen atoms in total. The zero-order valence-electron chi connectivity index (χ0n) is 26.7. The van der Waals surface area contributed by atoms with Crippen molar-refractivity contribution in [2.24, 2.45) is 0 Å². The second-order valence-electron chi connectivity index (χ2n) is 11.1. The van der Waals surface area contributed by atoms with Crippen molar-refractivity contribution >= 4 is 11.0 Å². The molecule has 2 aliphatic rings. The molecule has 2 saturated heterocycles. The quantitative estimate of drug-likeness (QED) is 0.110. The number of fused-ring (bicyclic) bond motifs is 1. The molecule has 18 heteroatoms. The van der Waals surface area contributed by atoms with E-state index in [1.807, 2.05) is 0 Å². The Morgan fingerprint density at radius 1 is 0.673 bits per heavy atom. The summed E-state index contributed by atoms with van der Waals surface area (Å²) in [5, 5.41) is 83.4. The first-order chi connectivity index (χ1) is 23.4. The van der Waals surface area contributed by atoms with Gasteiger partial charge in [0.1, 0.15) is 60.0 Å². The monoisotopic (exact) mass is 698 g/mol. The van der Waals surface area contributed by atoms with Gasteiger partial charge in [0.15, 0.2) is 23.4 Å². The normalized spacial score (nSPS) is 30.2. The van der Waals surface area contributed by atoms with E-state index >= 15 is 0 Å². The van der Waals surface area contributed by atoms with Gasteiger partial charge in [-0.25, -0.2) is 0 Å². The Kier molecular flexibility index (Phi) is 11.0. The lowest BCUT2D eigenvalue weighted by Gasteiger charge is -2.45. The SMILES string of the molecule is COc1ccc(-c2oc3c(OC)c(O[C@@H]4OC(CO)[C@H](O)[C@H](O[C@@H]5OC(CO)[C@@H](O)[C@H](O)C5O)C4O)c(OC)c(O)c3c(=O)c2OC)cc1. The summed E-state index contributed by atoms with van der Waals surface area (Å²) in [6, 6.07) is 6.43. The first kappa shape index (κ1) is 36.3. The maximum Gasteiger partial charge on any atom is 0.239 e. The maximum absolute atomic E-state index is 13.7. The number of phenols is 1. The van der Waals surface area contributed by atoms with Crippen LogP contribution >= 0.6 is 0 Å². The van der Waals surface area contributed by atoms with Gasteiger partial charge >= 0.3 is 0 Å². The van der Waals surface area contributed by atoms with Crippen molar-refractivity contribution in [2.75, 3.05) is 41.7 Å². The number of aliphatic hydroxyl groups excluding tert-OH is 7. The van der Waals surface area contributed by atoms with Gasteiger partial charge in [-0.1, -0.05) is 0 Å². The molecule has 270 valence electrons. The van der Waals surface area contributed by atoms with E-state index in [4.69, 9.17) is 42.3 Å². The van der Waals surface area contributed by atoms with Crippen LogP contribution < -0.4 is 29.1 Å². The summed E-state index contributed by atoms with van der Waals surface area (Å²) >= 11 is 0. The summed E-state index contributed by atoms with van der Waals surface area (Å²) in [5.41, 5.74) is -0.748. The van der Waals surface area contributed by atoms with E-state index in [2.05, 4.69) is 0 Å². The minimum atomic E-state index is -1.96. The molecule has 49 heavy (non-hydrogen) atoms. The molecule has 2 aromatic carbocycles. The Morgan fingerprint density at radius 2 is 1.27 bits per heavy atom. The van der Waals surface area contributed by atoms with E-state index in [0.29, 0.717) is 11.3 Å². The summed E-state index contributed by atoms with van der Waals surface area (Å²) in [6.45, 7) is -1.61. The number of hydrogen-bond acceptors (Lipinski definition) is 18. The van der Waals surface area contributed by atoms with Crippen LogP contribution in [0.5, 0.6) is 34.5 Å². The van der Waals surface area contributed by atoms with Gasteiger partial charge in [0.25, 0.3) is 0 Å². The zero-order chi connectivity index (χ0) is 35.7. The van der Waals surface area contributed by atoms with Crippen molar-refractivity contribution in [3.05, 3.63) is 34.5 Å². The van der Waals surface area contributed by atoms with Crippen molar-refractivity contribution in [1.29, 1.82) is 0 Å². The van der Waals surface area contributed by atoms with Crippen LogP contribution in [0.3, 0.4) is 0 Å². The molecule has 4 unspecified atom stereocenters.